The van der Waals surface area contributed by atoms with Crippen molar-refractivity contribution in [2.75, 3.05) is 23.8 Å². The number of hydrogen-bond donors (Lipinski definition) is 2. The number of carbonyl (C=O) groups is 1. The number of benzene rings is 1. The number of anilines is 3. The van der Waals surface area contributed by atoms with E-state index in [1.54, 1.807) is 12.3 Å². The van der Waals surface area contributed by atoms with Crippen LogP contribution in [0.3, 0.4) is 0 Å². The van der Waals surface area contributed by atoms with Gasteiger partial charge in [-0.2, -0.15) is 0 Å². The van der Waals surface area contributed by atoms with E-state index in [0.29, 0.717) is 19.0 Å². The van der Waals surface area contributed by atoms with Crippen molar-refractivity contribution in [3.63, 3.8) is 0 Å². The summed E-state index contributed by atoms with van der Waals surface area (Å²) in [5, 5.41) is 6.13. The molecule has 0 fully saturated rings. The fourth-order valence-corrected chi connectivity index (χ4v) is 2.72. The van der Waals surface area contributed by atoms with Gasteiger partial charge in [0, 0.05) is 17.7 Å². The highest BCUT2D eigenvalue weighted by atomic mass is 16.6. The van der Waals surface area contributed by atoms with Gasteiger partial charge in [-0.25, -0.2) is 4.98 Å². The van der Waals surface area contributed by atoms with E-state index in [4.69, 9.17) is 9.47 Å². The minimum Gasteiger partial charge on any atom is -0.486 e. The normalized spacial score (nSPS) is 12.8. The smallest absolute Gasteiger partial charge is 0.228 e. The quantitative estimate of drug-likeness (QED) is 0.832. The molecule has 2 heterocycles. The lowest BCUT2D eigenvalue weighted by Gasteiger charge is -2.19. The molecular weight excluding hydrogens is 318 g/mol. The number of hydrogen-bond acceptors (Lipinski definition) is 5. The number of nitrogens with zero attached hydrogens (tertiary/aromatic N) is 1. The van der Waals surface area contributed by atoms with Crippen LogP contribution in [0.15, 0.2) is 36.5 Å². The maximum atomic E-state index is 12.1. The Kier molecular flexibility index (Phi) is 5.38. The molecule has 1 aliphatic heterocycles. The summed E-state index contributed by atoms with van der Waals surface area (Å²) in [6.07, 6.45) is 3.34. The predicted octanol–water partition coefficient (Wildman–Crippen LogP) is 3.97. The van der Waals surface area contributed by atoms with Gasteiger partial charge in [0.1, 0.15) is 19.0 Å². The molecule has 1 amide bonds. The van der Waals surface area contributed by atoms with E-state index in [1.807, 2.05) is 38.1 Å². The zero-order valence-corrected chi connectivity index (χ0v) is 14.5. The average molecular weight is 341 g/mol. The summed E-state index contributed by atoms with van der Waals surface area (Å²) in [6.45, 7) is 5.17. The largest absolute Gasteiger partial charge is 0.486 e. The maximum absolute atomic E-state index is 12.1. The van der Waals surface area contributed by atoms with Gasteiger partial charge in [-0.1, -0.05) is 13.8 Å². The number of aromatic nitrogens is 1. The Balaban J connectivity index is 1.64. The lowest BCUT2D eigenvalue weighted by Crippen LogP contribution is -2.22. The number of nitrogens with one attached hydrogen (secondary N) is 2. The average Bonchev–Trinajstić information content (AvgIpc) is 2.64. The van der Waals surface area contributed by atoms with Crippen molar-refractivity contribution in [2.24, 2.45) is 5.92 Å². The second-order valence-electron chi connectivity index (χ2n) is 5.92. The molecule has 1 aromatic heterocycles. The summed E-state index contributed by atoms with van der Waals surface area (Å²) in [4.78, 5) is 16.4. The highest BCUT2D eigenvalue weighted by Crippen LogP contribution is 2.33. The van der Waals surface area contributed by atoms with Crippen molar-refractivity contribution in [1.29, 1.82) is 0 Å². The third-order valence-corrected chi connectivity index (χ3v) is 4.20. The minimum absolute atomic E-state index is 0.0186. The number of pyridine rings is 1. The Morgan fingerprint density at radius 3 is 2.48 bits per heavy atom. The van der Waals surface area contributed by atoms with E-state index in [9.17, 15) is 4.79 Å². The molecule has 0 unspecified atom stereocenters. The van der Waals surface area contributed by atoms with Gasteiger partial charge >= 0.3 is 0 Å². The highest BCUT2D eigenvalue weighted by Gasteiger charge is 2.15. The van der Waals surface area contributed by atoms with Crippen molar-refractivity contribution < 1.29 is 14.3 Å². The van der Waals surface area contributed by atoms with Crippen LogP contribution in [0.25, 0.3) is 0 Å². The van der Waals surface area contributed by atoms with Crippen LogP contribution in [0.5, 0.6) is 11.5 Å². The monoisotopic (exact) mass is 341 g/mol. The van der Waals surface area contributed by atoms with Gasteiger partial charge in [0.05, 0.1) is 11.9 Å². The third-order valence-electron chi connectivity index (χ3n) is 4.20. The highest BCUT2D eigenvalue weighted by molar-refractivity contribution is 5.91. The Labute approximate surface area is 147 Å². The summed E-state index contributed by atoms with van der Waals surface area (Å²) in [5.41, 5.74) is 1.72. The van der Waals surface area contributed by atoms with Crippen LogP contribution in [0.1, 0.15) is 26.7 Å². The molecule has 25 heavy (non-hydrogen) atoms. The summed E-state index contributed by atoms with van der Waals surface area (Å²) in [5.74, 6) is 2.10. The van der Waals surface area contributed by atoms with E-state index in [1.165, 1.54) is 0 Å². The molecule has 0 saturated heterocycles. The van der Waals surface area contributed by atoms with Crippen LogP contribution in [0.2, 0.25) is 0 Å². The summed E-state index contributed by atoms with van der Waals surface area (Å²) >= 11 is 0. The molecule has 6 heteroatoms. The molecule has 0 radical (unpaired) electrons. The molecule has 0 aliphatic carbocycles. The second kappa shape index (κ2) is 7.88. The van der Waals surface area contributed by atoms with Gasteiger partial charge in [-0.15, -0.1) is 0 Å². The summed E-state index contributed by atoms with van der Waals surface area (Å²) in [6, 6.07) is 9.38. The predicted molar refractivity (Wildman–Crippen MR) is 97.7 cm³/mol. The summed E-state index contributed by atoms with van der Waals surface area (Å²) < 4.78 is 11.1. The Morgan fingerprint density at radius 2 is 1.80 bits per heavy atom. The zero-order chi connectivity index (χ0) is 17.6. The SMILES string of the molecule is CCC(CC)C(=O)Nc1ccc(Nc2ccc3c(c2)OCCO3)cn1. The molecular formula is C19H23N3O3. The van der Waals surface area contributed by atoms with Crippen LogP contribution in [-0.2, 0) is 4.79 Å². The van der Waals surface area contributed by atoms with E-state index < -0.39 is 0 Å². The fourth-order valence-electron chi connectivity index (χ4n) is 2.72. The number of ether oxygens (including phenoxy) is 2. The molecule has 6 nitrogen and oxygen atoms in total. The Hall–Kier alpha value is -2.76. The number of rotatable bonds is 6. The Bertz CT molecular complexity index is 727. The van der Waals surface area contributed by atoms with Crippen LogP contribution in [0.4, 0.5) is 17.2 Å². The molecule has 2 N–H and O–H groups in total. The lowest BCUT2D eigenvalue weighted by atomic mass is 10.0. The van der Waals surface area contributed by atoms with Gasteiger partial charge in [0.25, 0.3) is 0 Å². The minimum atomic E-state index is 0.0186. The van der Waals surface area contributed by atoms with E-state index in [0.717, 1.165) is 35.7 Å². The van der Waals surface area contributed by atoms with Gasteiger partial charge in [0.15, 0.2) is 11.5 Å². The van der Waals surface area contributed by atoms with Crippen molar-refractivity contribution in [1.82, 2.24) is 4.98 Å². The first-order valence-electron chi connectivity index (χ1n) is 8.63. The van der Waals surface area contributed by atoms with Crippen LogP contribution in [0, 0.1) is 5.92 Å². The van der Waals surface area contributed by atoms with Gasteiger partial charge in [-0.05, 0) is 37.1 Å². The van der Waals surface area contributed by atoms with Crippen molar-refractivity contribution in [3.05, 3.63) is 36.5 Å². The molecule has 3 rings (SSSR count). The molecule has 0 spiro atoms. The molecule has 1 aromatic carbocycles. The van der Waals surface area contributed by atoms with E-state index >= 15 is 0 Å². The van der Waals surface area contributed by atoms with Gasteiger partial charge in [0.2, 0.25) is 5.91 Å². The molecule has 1 aliphatic rings. The lowest BCUT2D eigenvalue weighted by molar-refractivity contribution is -0.120. The van der Waals surface area contributed by atoms with Gasteiger partial charge < -0.3 is 20.1 Å². The van der Waals surface area contributed by atoms with Crippen molar-refractivity contribution >= 4 is 23.1 Å². The first kappa shape index (κ1) is 17.1. The van der Waals surface area contributed by atoms with E-state index in [2.05, 4.69) is 15.6 Å². The molecule has 0 atom stereocenters. The fraction of sp³-hybridized carbons (Fsp3) is 0.368. The van der Waals surface area contributed by atoms with Crippen molar-refractivity contribution in [3.8, 4) is 11.5 Å². The first-order valence-corrected chi connectivity index (χ1v) is 8.63. The molecule has 0 bridgehead atoms. The van der Waals surface area contributed by atoms with Crippen LogP contribution >= 0.6 is 0 Å². The van der Waals surface area contributed by atoms with Crippen LogP contribution < -0.4 is 20.1 Å². The number of carbonyl (C=O) groups excluding carboxylic acids is 1. The number of fused-ring (bicyclic) bond motifs is 1. The van der Waals surface area contributed by atoms with Crippen molar-refractivity contribution in [2.45, 2.75) is 26.7 Å². The third kappa shape index (κ3) is 4.21. The molecule has 132 valence electrons. The van der Waals surface area contributed by atoms with Crippen LogP contribution in [-0.4, -0.2) is 24.1 Å². The number of amides is 1. The first-order chi connectivity index (χ1) is 12.2. The second-order valence-corrected chi connectivity index (χ2v) is 5.92. The maximum Gasteiger partial charge on any atom is 0.228 e. The topological polar surface area (TPSA) is 72.5 Å². The standard InChI is InChI=1S/C19H23N3O3/c1-3-13(4-2)19(23)22-18-8-6-15(12-20-18)21-14-5-7-16-17(11-14)25-10-9-24-16/h5-8,11-13,21H,3-4,9-10H2,1-2H3,(H,20,22,23). The van der Waals surface area contributed by atoms with E-state index in [-0.39, 0.29) is 11.8 Å². The molecule has 0 saturated carbocycles. The Morgan fingerprint density at radius 1 is 1.08 bits per heavy atom. The zero-order valence-electron chi connectivity index (χ0n) is 14.5. The van der Waals surface area contributed by atoms with Gasteiger partial charge in [-0.3, -0.25) is 4.79 Å². The molecule has 2 aromatic rings. The summed E-state index contributed by atoms with van der Waals surface area (Å²) in [7, 11) is 0.